The highest BCUT2D eigenvalue weighted by Gasteiger charge is 2.48. The van der Waals surface area contributed by atoms with E-state index in [0.717, 1.165) is 5.56 Å². The van der Waals surface area contributed by atoms with Gasteiger partial charge in [-0.15, -0.1) is 0 Å². The van der Waals surface area contributed by atoms with E-state index in [1.807, 2.05) is 30.3 Å². The van der Waals surface area contributed by atoms with Gasteiger partial charge in [-0.05, 0) is 18.4 Å². The minimum atomic E-state index is -1.36. The number of Topliss-reactive ketones (excluding diaryl/α,β-unsaturated/α-hetero) is 1. The summed E-state index contributed by atoms with van der Waals surface area (Å²) in [7, 11) is 0. The third-order valence-corrected chi connectivity index (χ3v) is 4.15. The van der Waals surface area contributed by atoms with Crippen molar-refractivity contribution in [2.75, 3.05) is 13.1 Å². The number of carbonyl (C=O) groups is 3. The van der Waals surface area contributed by atoms with Gasteiger partial charge in [0, 0.05) is 6.54 Å². The number of likely N-dealkylation sites (tertiary alicyclic amines) is 1. The van der Waals surface area contributed by atoms with E-state index in [9.17, 15) is 19.5 Å². The van der Waals surface area contributed by atoms with E-state index in [0.29, 0.717) is 0 Å². The van der Waals surface area contributed by atoms with Crippen LogP contribution in [0.5, 0.6) is 0 Å². The molecule has 0 saturated carbocycles. The predicted octanol–water partition coefficient (Wildman–Crippen LogP) is 2.08. The van der Waals surface area contributed by atoms with Crippen LogP contribution in [-0.4, -0.2) is 40.9 Å². The van der Waals surface area contributed by atoms with E-state index in [-0.39, 0.29) is 32.5 Å². The molecule has 0 radical (unpaired) electrons. The van der Waals surface area contributed by atoms with Crippen LogP contribution >= 0.6 is 0 Å². The van der Waals surface area contributed by atoms with Crippen LogP contribution in [0.1, 0.15) is 25.3 Å². The molecular weight excluding hydrogens is 286 g/mol. The van der Waals surface area contributed by atoms with Crippen molar-refractivity contribution in [2.24, 2.45) is 5.41 Å². The predicted molar refractivity (Wildman–Crippen MR) is 78.2 cm³/mol. The summed E-state index contributed by atoms with van der Waals surface area (Å²) < 4.78 is 5.17. The molecule has 1 heterocycles. The Bertz CT molecular complexity index is 571. The van der Waals surface area contributed by atoms with Crippen molar-refractivity contribution in [3.63, 3.8) is 0 Å². The van der Waals surface area contributed by atoms with Crippen molar-refractivity contribution < 1.29 is 24.2 Å². The fraction of sp³-hybridized carbons (Fsp3) is 0.438. The smallest absolute Gasteiger partial charge is 0.410 e. The summed E-state index contributed by atoms with van der Waals surface area (Å²) in [6.45, 7) is 1.80. The lowest BCUT2D eigenvalue weighted by Crippen LogP contribution is -2.53. The minimum absolute atomic E-state index is 0.123. The molecule has 1 N–H and O–H groups in total. The Balaban J connectivity index is 1.94. The third kappa shape index (κ3) is 3.10. The number of aliphatic carboxylic acids is 1. The Morgan fingerprint density at radius 2 is 2.00 bits per heavy atom. The number of carboxylic acids is 1. The van der Waals surface area contributed by atoms with Crippen LogP contribution in [0.4, 0.5) is 4.79 Å². The summed E-state index contributed by atoms with van der Waals surface area (Å²) in [4.78, 5) is 36.8. The van der Waals surface area contributed by atoms with Crippen LogP contribution in [0.15, 0.2) is 30.3 Å². The fourth-order valence-corrected chi connectivity index (χ4v) is 2.59. The summed E-state index contributed by atoms with van der Waals surface area (Å²) >= 11 is 0. The minimum Gasteiger partial charge on any atom is -0.480 e. The first-order chi connectivity index (χ1) is 10.5. The fourth-order valence-electron chi connectivity index (χ4n) is 2.59. The second kappa shape index (κ2) is 6.60. The highest BCUT2D eigenvalue weighted by atomic mass is 16.6. The third-order valence-electron chi connectivity index (χ3n) is 4.15. The second-order valence-electron chi connectivity index (χ2n) is 5.38. The second-order valence-corrected chi connectivity index (χ2v) is 5.38. The quantitative estimate of drug-likeness (QED) is 0.861. The summed E-state index contributed by atoms with van der Waals surface area (Å²) in [5.41, 5.74) is -0.511. The van der Waals surface area contributed by atoms with Gasteiger partial charge in [-0.25, -0.2) is 4.79 Å². The number of hydrogen-bond acceptors (Lipinski definition) is 4. The zero-order valence-electron chi connectivity index (χ0n) is 12.4. The normalized spacial score (nSPS) is 21.5. The number of amides is 1. The molecule has 22 heavy (non-hydrogen) atoms. The van der Waals surface area contributed by atoms with E-state index in [1.54, 1.807) is 6.92 Å². The molecule has 1 aliphatic heterocycles. The number of benzene rings is 1. The molecule has 1 fully saturated rings. The Labute approximate surface area is 128 Å². The Morgan fingerprint density at radius 3 is 2.55 bits per heavy atom. The first-order valence-electron chi connectivity index (χ1n) is 7.22. The lowest BCUT2D eigenvalue weighted by atomic mass is 9.75. The van der Waals surface area contributed by atoms with Gasteiger partial charge in [0.05, 0.1) is 6.54 Å². The standard InChI is InChI=1S/C16H19NO5/c1-2-16(14(19)20)8-9-17(10-13(16)18)15(21)22-11-12-6-4-3-5-7-12/h3-7H,2,8-11H2,1H3,(H,19,20). The Kier molecular flexibility index (Phi) is 4.80. The van der Waals surface area contributed by atoms with Crippen molar-refractivity contribution in [3.05, 3.63) is 35.9 Å². The maximum atomic E-state index is 12.1. The van der Waals surface area contributed by atoms with Gasteiger partial charge >= 0.3 is 12.1 Å². The molecule has 0 bridgehead atoms. The number of carboxylic acid groups (broad SMARTS) is 1. The average molecular weight is 305 g/mol. The summed E-state index contributed by atoms with van der Waals surface area (Å²) in [5, 5.41) is 9.28. The molecule has 1 saturated heterocycles. The van der Waals surface area contributed by atoms with E-state index >= 15 is 0 Å². The Morgan fingerprint density at radius 1 is 1.32 bits per heavy atom. The van der Waals surface area contributed by atoms with Gasteiger partial charge < -0.3 is 14.7 Å². The topological polar surface area (TPSA) is 83.9 Å². The summed E-state index contributed by atoms with van der Waals surface area (Å²) in [5.74, 6) is -1.55. The molecule has 0 spiro atoms. The molecule has 1 aliphatic rings. The highest BCUT2D eigenvalue weighted by molar-refractivity contribution is 6.05. The number of hydrogen-bond donors (Lipinski definition) is 1. The number of ketones is 1. The molecule has 0 aliphatic carbocycles. The molecule has 6 nitrogen and oxygen atoms in total. The number of rotatable bonds is 4. The SMILES string of the molecule is CCC1(C(=O)O)CCN(C(=O)OCc2ccccc2)CC1=O. The highest BCUT2D eigenvalue weighted by Crippen LogP contribution is 2.32. The molecule has 118 valence electrons. The molecule has 2 rings (SSSR count). The first-order valence-corrected chi connectivity index (χ1v) is 7.22. The molecule has 1 atom stereocenters. The summed E-state index contributed by atoms with van der Waals surface area (Å²) in [6, 6.07) is 9.22. The van der Waals surface area contributed by atoms with Crippen LogP contribution in [0.2, 0.25) is 0 Å². The van der Waals surface area contributed by atoms with Gasteiger partial charge in [0.1, 0.15) is 12.0 Å². The molecule has 1 unspecified atom stereocenters. The Hall–Kier alpha value is -2.37. The van der Waals surface area contributed by atoms with Crippen LogP contribution in [0.25, 0.3) is 0 Å². The zero-order chi connectivity index (χ0) is 16.2. The van der Waals surface area contributed by atoms with Gasteiger partial charge in [0.2, 0.25) is 0 Å². The number of nitrogens with zero attached hydrogens (tertiary/aromatic N) is 1. The molecule has 1 aromatic rings. The van der Waals surface area contributed by atoms with Gasteiger partial charge in [0.25, 0.3) is 0 Å². The van der Waals surface area contributed by atoms with Crippen molar-refractivity contribution in [3.8, 4) is 0 Å². The van der Waals surface area contributed by atoms with Crippen molar-refractivity contribution in [1.29, 1.82) is 0 Å². The maximum absolute atomic E-state index is 12.1. The van der Waals surface area contributed by atoms with Gasteiger partial charge in [-0.3, -0.25) is 9.59 Å². The van der Waals surface area contributed by atoms with Crippen molar-refractivity contribution in [1.82, 2.24) is 4.90 Å². The van der Waals surface area contributed by atoms with Gasteiger partial charge in [0.15, 0.2) is 5.78 Å². The van der Waals surface area contributed by atoms with E-state index in [1.165, 1.54) is 4.90 Å². The maximum Gasteiger partial charge on any atom is 0.410 e. The lowest BCUT2D eigenvalue weighted by molar-refractivity contribution is -0.158. The van der Waals surface area contributed by atoms with Crippen molar-refractivity contribution in [2.45, 2.75) is 26.4 Å². The first kappa shape index (κ1) is 16.0. The number of piperidine rings is 1. The molecule has 1 aromatic carbocycles. The molecule has 1 amide bonds. The van der Waals surface area contributed by atoms with Crippen LogP contribution < -0.4 is 0 Å². The van der Waals surface area contributed by atoms with Gasteiger partial charge in [-0.2, -0.15) is 0 Å². The molecule has 0 aromatic heterocycles. The monoisotopic (exact) mass is 305 g/mol. The van der Waals surface area contributed by atoms with Gasteiger partial charge in [-0.1, -0.05) is 37.3 Å². The van der Waals surface area contributed by atoms with E-state index < -0.39 is 23.3 Å². The van der Waals surface area contributed by atoms with Crippen LogP contribution in [0.3, 0.4) is 0 Å². The molecular formula is C16H19NO5. The van der Waals surface area contributed by atoms with E-state index in [2.05, 4.69) is 0 Å². The summed E-state index contributed by atoms with van der Waals surface area (Å²) in [6.07, 6.45) is -0.237. The van der Waals surface area contributed by atoms with E-state index in [4.69, 9.17) is 4.74 Å². The largest absolute Gasteiger partial charge is 0.480 e. The number of ether oxygens (including phenoxy) is 1. The molecule has 6 heteroatoms. The van der Waals surface area contributed by atoms with Crippen LogP contribution in [0, 0.1) is 5.41 Å². The lowest BCUT2D eigenvalue weighted by Gasteiger charge is -2.36. The average Bonchev–Trinajstić information content (AvgIpc) is 2.53. The zero-order valence-corrected chi connectivity index (χ0v) is 12.4. The van der Waals surface area contributed by atoms with Crippen LogP contribution in [-0.2, 0) is 20.9 Å². The number of carbonyl (C=O) groups excluding carboxylic acids is 2. The van der Waals surface area contributed by atoms with Crippen molar-refractivity contribution >= 4 is 17.8 Å².